The van der Waals surface area contributed by atoms with Crippen LogP contribution in [0.1, 0.15) is 36.1 Å². The summed E-state index contributed by atoms with van der Waals surface area (Å²) in [5.41, 5.74) is 4.61. The summed E-state index contributed by atoms with van der Waals surface area (Å²) in [6.07, 6.45) is 0. The van der Waals surface area contributed by atoms with E-state index in [-0.39, 0.29) is 12.1 Å². The predicted octanol–water partition coefficient (Wildman–Crippen LogP) is 4.61. The van der Waals surface area contributed by atoms with Gasteiger partial charge in [-0.15, -0.1) is 0 Å². The van der Waals surface area contributed by atoms with Gasteiger partial charge in [-0.3, -0.25) is 0 Å². The molecule has 2 rings (SSSR count). The number of rotatable bonds is 7. The van der Waals surface area contributed by atoms with Gasteiger partial charge in [0, 0.05) is 12.6 Å². The molecule has 0 aromatic heterocycles. The summed E-state index contributed by atoms with van der Waals surface area (Å²) in [4.78, 5) is 14.4. The standard InChI is InChI=1S/C22H30N2O2/c1-16(2)24(15-20-9-7-6-8-10-20)22(25)23-11-12-26-21-18(4)13-17(3)14-19(21)5/h6-10,13-14,16H,11-12,15H2,1-5H3,(H,23,25). The van der Waals surface area contributed by atoms with Gasteiger partial charge in [0.1, 0.15) is 12.4 Å². The Balaban J connectivity index is 1.86. The van der Waals surface area contributed by atoms with Gasteiger partial charge < -0.3 is 15.0 Å². The normalized spacial score (nSPS) is 10.7. The SMILES string of the molecule is Cc1cc(C)c(OCCNC(=O)N(Cc2ccccc2)C(C)C)c(C)c1. The minimum atomic E-state index is -0.0650. The van der Waals surface area contributed by atoms with E-state index < -0.39 is 0 Å². The Hall–Kier alpha value is -2.49. The largest absolute Gasteiger partial charge is 0.491 e. The van der Waals surface area contributed by atoms with Gasteiger partial charge in [0.15, 0.2) is 0 Å². The van der Waals surface area contributed by atoms with Crippen LogP contribution in [0.15, 0.2) is 42.5 Å². The number of hydrogen-bond donors (Lipinski definition) is 1. The smallest absolute Gasteiger partial charge is 0.318 e. The molecule has 0 unspecified atom stereocenters. The van der Waals surface area contributed by atoms with Crippen LogP contribution in [0.5, 0.6) is 5.75 Å². The molecule has 2 amide bonds. The number of benzene rings is 2. The van der Waals surface area contributed by atoms with E-state index >= 15 is 0 Å². The molecule has 0 atom stereocenters. The molecule has 0 radical (unpaired) electrons. The molecule has 0 saturated carbocycles. The molecule has 0 aliphatic heterocycles. The van der Waals surface area contributed by atoms with Crippen LogP contribution in [0.3, 0.4) is 0 Å². The van der Waals surface area contributed by atoms with Gasteiger partial charge in [0.25, 0.3) is 0 Å². The highest BCUT2D eigenvalue weighted by Gasteiger charge is 2.16. The fraction of sp³-hybridized carbons (Fsp3) is 0.409. The molecule has 0 aliphatic rings. The molecule has 4 heteroatoms. The first-order valence-corrected chi connectivity index (χ1v) is 9.17. The van der Waals surface area contributed by atoms with Crippen LogP contribution in [0.4, 0.5) is 4.79 Å². The topological polar surface area (TPSA) is 41.6 Å². The Kier molecular flexibility index (Phi) is 7.07. The Morgan fingerprint density at radius 3 is 2.27 bits per heavy atom. The summed E-state index contributed by atoms with van der Waals surface area (Å²) >= 11 is 0. The van der Waals surface area contributed by atoms with Crippen LogP contribution in [0.2, 0.25) is 0 Å². The Labute approximate surface area is 157 Å². The van der Waals surface area contributed by atoms with Crippen LogP contribution in [-0.4, -0.2) is 30.1 Å². The Morgan fingerprint density at radius 2 is 1.69 bits per heavy atom. The van der Waals surface area contributed by atoms with E-state index in [0.29, 0.717) is 19.7 Å². The zero-order valence-electron chi connectivity index (χ0n) is 16.5. The number of hydrogen-bond acceptors (Lipinski definition) is 2. The van der Waals surface area contributed by atoms with Gasteiger partial charge in [-0.1, -0.05) is 48.0 Å². The maximum atomic E-state index is 12.5. The molecule has 1 N–H and O–H groups in total. The van der Waals surface area contributed by atoms with Crippen LogP contribution in [-0.2, 0) is 6.54 Å². The highest BCUT2D eigenvalue weighted by atomic mass is 16.5. The first kappa shape index (κ1) is 19.8. The third-order valence-corrected chi connectivity index (χ3v) is 4.31. The lowest BCUT2D eigenvalue weighted by Crippen LogP contribution is -2.44. The van der Waals surface area contributed by atoms with Gasteiger partial charge in [-0.25, -0.2) is 4.79 Å². The first-order chi connectivity index (χ1) is 12.4. The van der Waals surface area contributed by atoms with E-state index in [1.54, 1.807) is 0 Å². The van der Waals surface area contributed by atoms with Gasteiger partial charge >= 0.3 is 6.03 Å². The number of aryl methyl sites for hydroxylation is 3. The second-order valence-corrected chi connectivity index (χ2v) is 7.02. The molecule has 0 heterocycles. The molecular formula is C22H30N2O2. The maximum absolute atomic E-state index is 12.5. The van der Waals surface area contributed by atoms with E-state index in [2.05, 4.69) is 24.4 Å². The molecule has 0 aliphatic carbocycles. The predicted molar refractivity (Wildman–Crippen MR) is 107 cm³/mol. The number of urea groups is 1. The average molecular weight is 354 g/mol. The lowest BCUT2D eigenvalue weighted by Gasteiger charge is -2.27. The Morgan fingerprint density at radius 1 is 1.08 bits per heavy atom. The van der Waals surface area contributed by atoms with Crippen LogP contribution in [0, 0.1) is 20.8 Å². The molecule has 2 aromatic rings. The summed E-state index contributed by atoms with van der Waals surface area (Å²) in [5.74, 6) is 0.912. The molecule has 0 bridgehead atoms. The number of carbonyl (C=O) groups is 1. The van der Waals surface area contributed by atoms with E-state index in [0.717, 1.165) is 22.4 Å². The lowest BCUT2D eigenvalue weighted by atomic mass is 10.1. The highest BCUT2D eigenvalue weighted by molar-refractivity contribution is 5.74. The fourth-order valence-electron chi connectivity index (χ4n) is 3.08. The van der Waals surface area contributed by atoms with Crippen molar-refractivity contribution in [2.45, 2.75) is 47.2 Å². The van der Waals surface area contributed by atoms with Crippen LogP contribution < -0.4 is 10.1 Å². The average Bonchev–Trinajstić information content (AvgIpc) is 2.58. The van der Waals surface area contributed by atoms with Crippen molar-refractivity contribution in [1.82, 2.24) is 10.2 Å². The van der Waals surface area contributed by atoms with Crippen molar-refractivity contribution in [3.63, 3.8) is 0 Å². The van der Waals surface area contributed by atoms with Crippen LogP contribution >= 0.6 is 0 Å². The summed E-state index contributed by atoms with van der Waals surface area (Å²) in [6.45, 7) is 11.8. The molecule has 4 nitrogen and oxygen atoms in total. The summed E-state index contributed by atoms with van der Waals surface area (Å²) in [7, 11) is 0. The molecule has 2 aromatic carbocycles. The second kappa shape index (κ2) is 9.27. The highest BCUT2D eigenvalue weighted by Crippen LogP contribution is 2.24. The lowest BCUT2D eigenvalue weighted by molar-refractivity contribution is 0.177. The van der Waals surface area contributed by atoms with E-state index in [4.69, 9.17) is 4.74 Å². The molecular weight excluding hydrogens is 324 g/mol. The first-order valence-electron chi connectivity index (χ1n) is 9.17. The number of nitrogens with zero attached hydrogens (tertiary/aromatic N) is 1. The molecule has 26 heavy (non-hydrogen) atoms. The maximum Gasteiger partial charge on any atom is 0.318 e. The summed E-state index contributed by atoms with van der Waals surface area (Å²) in [6, 6.07) is 14.3. The number of nitrogens with one attached hydrogen (secondary N) is 1. The van der Waals surface area contributed by atoms with Crippen molar-refractivity contribution >= 4 is 6.03 Å². The molecule has 0 fully saturated rings. The van der Waals surface area contributed by atoms with Gasteiger partial charge in [0.2, 0.25) is 0 Å². The van der Waals surface area contributed by atoms with Crippen molar-refractivity contribution in [2.75, 3.05) is 13.2 Å². The monoisotopic (exact) mass is 354 g/mol. The summed E-state index contributed by atoms with van der Waals surface area (Å²) < 4.78 is 5.90. The zero-order chi connectivity index (χ0) is 19.1. The minimum absolute atomic E-state index is 0.0650. The zero-order valence-corrected chi connectivity index (χ0v) is 16.5. The number of amides is 2. The second-order valence-electron chi connectivity index (χ2n) is 7.02. The van der Waals surface area contributed by atoms with E-state index in [1.807, 2.05) is 62.9 Å². The van der Waals surface area contributed by atoms with Crippen molar-refractivity contribution < 1.29 is 9.53 Å². The van der Waals surface area contributed by atoms with Gasteiger partial charge in [-0.2, -0.15) is 0 Å². The van der Waals surface area contributed by atoms with E-state index in [9.17, 15) is 4.79 Å². The molecule has 0 spiro atoms. The van der Waals surface area contributed by atoms with Crippen molar-refractivity contribution in [1.29, 1.82) is 0 Å². The minimum Gasteiger partial charge on any atom is -0.491 e. The van der Waals surface area contributed by atoms with Crippen LogP contribution in [0.25, 0.3) is 0 Å². The fourth-order valence-corrected chi connectivity index (χ4v) is 3.08. The van der Waals surface area contributed by atoms with Crippen molar-refractivity contribution in [3.05, 3.63) is 64.7 Å². The van der Waals surface area contributed by atoms with Crippen molar-refractivity contribution in [2.24, 2.45) is 0 Å². The Bertz CT molecular complexity index is 703. The molecule has 140 valence electrons. The number of ether oxygens (including phenoxy) is 1. The third-order valence-electron chi connectivity index (χ3n) is 4.31. The third kappa shape index (κ3) is 5.51. The molecule has 0 saturated heterocycles. The summed E-state index contributed by atoms with van der Waals surface area (Å²) in [5, 5.41) is 2.97. The van der Waals surface area contributed by atoms with E-state index in [1.165, 1.54) is 5.56 Å². The number of carbonyl (C=O) groups excluding carboxylic acids is 1. The van der Waals surface area contributed by atoms with Gasteiger partial charge in [-0.05, 0) is 51.3 Å². The van der Waals surface area contributed by atoms with Gasteiger partial charge in [0.05, 0.1) is 6.54 Å². The van der Waals surface area contributed by atoms with Crippen molar-refractivity contribution in [3.8, 4) is 5.75 Å². The quantitative estimate of drug-likeness (QED) is 0.738.